The maximum atomic E-state index is 12.4. The van der Waals surface area contributed by atoms with E-state index in [1.165, 1.54) is 6.07 Å². The number of hydrogen-bond donors (Lipinski definition) is 2. The molecule has 5 heteroatoms. The molecular formula is C13H14O5. The predicted molar refractivity (Wildman–Crippen MR) is 61.5 cm³/mol. The van der Waals surface area contributed by atoms with E-state index in [2.05, 4.69) is 0 Å². The highest BCUT2D eigenvalue weighted by molar-refractivity contribution is 6.04. The summed E-state index contributed by atoms with van der Waals surface area (Å²) in [7, 11) is 0. The average Bonchev–Trinajstić information content (AvgIpc) is 2.82. The Bertz CT molecular complexity index is 529. The van der Waals surface area contributed by atoms with Crippen molar-refractivity contribution >= 4 is 5.78 Å². The minimum atomic E-state index is -1.21. The van der Waals surface area contributed by atoms with Crippen LogP contribution in [-0.4, -0.2) is 28.4 Å². The van der Waals surface area contributed by atoms with Crippen LogP contribution in [0.5, 0.6) is 11.5 Å². The van der Waals surface area contributed by atoms with Crippen LogP contribution >= 0.6 is 0 Å². The normalized spacial score (nSPS) is 26.6. The van der Waals surface area contributed by atoms with Crippen molar-refractivity contribution in [3.8, 4) is 11.5 Å². The van der Waals surface area contributed by atoms with E-state index in [9.17, 15) is 15.0 Å². The maximum absolute atomic E-state index is 12.4. The molecule has 0 unspecified atom stereocenters. The second-order valence-corrected chi connectivity index (χ2v) is 4.72. The molecule has 0 radical (unpaired) electrons. The second kappa shape index (κ2) is 3.70. The Labute approximate surface area is 104 Å². The zero-order valence-electron chi connectivity index (χ0n) is 10.0. The molecule has 3 rings (SSSR count). The highest BCUT2D eigenvalue weighted by atomic mass is 16.7. The third-order valence-electron chi connectivity index (χ3n) is 3.66. The van der Waals surface area contributed by atoms with Crippen LogP contribution in [0.1, 0.15) is 34.3 Å². The third kappa shape index (κ3) is 1.38. The molecule has 1 spiro atoms. The number of phenols is 2. The van der Waals surface area contributed by atoms with Gasteiger partial charge in [0.25, 0.3) is 0 Å². The number of carbonyl (C=O) groups excluding carboxylic acids is 1. The summed E-state index contributed by atoms with van der Waals surface area (Å²) >= 11 is 0. The van der Waals surface area contributed by atoms with Crippen molar-refractivity contribution in [1.29, 1.82) is 0 Å². The molecule has 2 heterocycles. The van der Waals surface area contributed by atoms with Crippen LogP contribution in [0, 0.1) is 6.92 Å². The largest absolute Gasteiger partial charge is 0.508 e. The van der Waals surface area contributed by atoms with Gasteiger partial charge in [-0.2, -0.15) is 0 Å². The lowest BCUT2D eigenvalue weighted by molar-refractivity contribution is -0.185. The molecule has 2 aliphatic rings. The summed E-state index contributed by atoms with van der Waals surface area (Å²) in [5.74, 6) is -1.69. The Hall–Kier alpha value is -1.59. The minimum Gasteiger partial charge on any atom is -0.508 e. The molecule has 1 saturated heterocycles. The smallest absolute Gasteiger partial charge is 0.234 e. The van der Waals surface area contributed by atoms with Crippen LogP contribution < -0.4 is 0 Å². The molecule has 18 heavy (non-hydrogen) atoms. The molecule has 96 valence electrons. The summed E-state index contributed by atoms with van der Waals surface area (Å²) in [6.45, 7) is 2.20. The highest BCUT2D eigenvalue weighted by Gasteiger charge is 2.48. The first-order chi connectivity index (χ1) is 8.55. The van der Waals surface area contributed by atoms with E-state index in [-0.39, 0.29) is 23.9 Å². The maximum Gasteiger partial charge on any atom is 0.234 e. The van der Waals surface area contributed by atoms with Crippen molar-refractivity contribution in [3.63, 3.8) is 0 Å². The first-order valence-corrected chi connectivity index (χ1v) is 5.92. The number of hydrogen-bond acceptors (Lipinski definition) is 5. The summed E-state index contributed by atoms with van der Waals surface area (Å²) in [6.07, 6.45) is 1.28. The van der Waals surface area contributed by atoms with Crippen molar-refractivity contribution in [3.05, 3.63) is 22.8 Å². The molecule has 1 aromatic carbocycles. The topological polar surface area (TPSA) is 76.0 Å². The SMILES string of the molecule is Cc1c(O)cc2c(c1O)CO[C@@]1(CCCO1)C2=O. The summed E-state index contributed by atoms with van der Waals surface area (Å²) in [4.78, 5) is 12.4. The lowest BCUT2D eigenvalue weighted by Crippen LogP contribution is -2.44. The van der Waals surface area contributed by atoms with Gasteiger partial charge in [-0.05, 0) is 19.4 Å². The van der Waals surface area contributed by atoms with Gasteiger partial charge in [0.15, 0.2) is 0 Å². The van der Waals surface area contributed by atoms with E-state index in [1.54, 1.807) is 6.92 Å². The standard InChI is InChI=1S/C13H14O5/c1-7-10(14)5-8-9(11(7)15)6-18-13(12(8)16)3-2-4-17-13/h5,14-15H,2-4,6H2,1H3/t13-/m0/s1. The predicted octanol–water partition coefficient (Wildman–Crippen LogP) is 1.63. The number of Topliss-reactive ketones (excluding diaryl/α,β-unsaturated/α-hetero) is 1. The lowest BCUT2D eigenvalue weighted by atomic mass is 9.91. The number of carbonyl (C=O) groups is 1. The number of aromatic hydroxyl groups is 2. The summed E-state index contributed by atoms with van der Waals surface area (Å²) < 4.78 is 11.0. The molecule has 0 bridgehead atoms. The molecule has 2 N–H and O–H groups in total. The van der Waals surface area contributed by atoms with Crippen LogP contribution in [0.3, 0.4) is 0 Å². The molecule has 0 amide bonds. The molecule has 0 aromatic heterocycles. The number of phenolic OH excluding ortho intramolecular Hbond substituents is 2. The van der Waals surface area contributed by atoms with Crippen LogP contribution in [0.2, 0.25) is 0 Å². The fraction of sp³-hybridized carbons (Fsp3) is 0.462. The molecule has 5 nitrogen and oxygen atoms in total. The second-order valence-electron chi connectivity index (χ2n) is 4.72. The number of ether oxygens (including phenoxy) is 2. The van der Waals surface area contributed by atoms with Gasteiger partial charge in [-0.25, -0.2) is 0 Å². The zero-order valence-corrected chi connectivity index (χ0v) is 10.0. The Morgan fingerprint density at radius 3 is 2.78 bits per heavy atom. The molecule has 0 aliphatic carbocycles. The van der Waals surface area contributed by atoms with Gasteiger partial charge < -0.3 is 19.7 Å². The Kier molecular flexibility index (Phi) is 2.36. The quantitative estimate of drug-likeness (QED) is 0.731. The van der Waals surface area contributed by atoms with E-state index < -0.39 is 5.79 Å². The Morgan fingerprint density at radius 2 is 2.11 bits per heavy atom. The monoisotopic (exact) mass is 250 g/mol. The van der Waals surface area contributed by atoms with Gasteiger partial charge in [0.05, 0.1) is 13.2 Å². The van der Waals surface area contributed by atoms with Crippen molar-refractivity contribution in [1.82, 2.24) is 0 Å². The molecule has 1 fully saturated rings. The molecule has 2 aliphatic heterocycles. The van der Waals surface area contributed by atoms with Crippen LogP contribution in [0.4, 0.5) is 0 Å². The van der Waals surface area contributed by atoms with Crippen LogP contribution in [0.25, 0.3) is 0 Å². The molecule has 1 aromatic rings. The highest BCUT2D eigenvalue weighted by Crippen LogP contribution is 2.42. The molecule has 1 atom stereocenters. The van der Waals surface area contributed by atoms with Gasteiger partial charge in [-0.3, -0.25) is 4.79 Å². The van der Waals surface area contributed by atoms with Crippen molar-refractivity contribution in [2.75, 3.05) is 6.61 Å². The molecular weight excluding hydrogens is 236 g/mol. The minimum absolute atomic E-state index is 0.0776. The number of rotatable bonds is 0. The van der Waals surface area contributed by atoms with Crippen LogP contribution in [-0.2, 0) is 16.1 Å². The van der Waals surface area contributed by atoms with E-state index in [0.29, 0.717) is 29.7 Å². The van der Waals surface area contributed by atoms with Crippen molar-refractivity contribution in [2.24, 2.45) is 0 Å². The van der Waals surface area contributed by atoms with Gasteiger partial charge in [-0.15, -0.1) is 0 Å². The molecule has 0 saturated carbocycles. The summed E-state index contributed by atoms with van der Waals surface area (Å²) in [6, 6.07) is 1.39. The van der Waals surface area contributed by atoms with Gasteiger partial charge in [0.1, 0.15) is 11.5 Å². The summed E-state index contributed by atoms with van der Waals surface area (Å²) in [5.41, 5.74) is 1.08. The van der Waals surface area contributed by atoms with Gasteiger partial charge in [0, 0.05) is 23.1 Å². The first-order valence-electron chi connectivity index (χ1n) is 5.92. The van der Waals surface area contributed by atoms with Gasteiger partial charge in [0.2, 0.25) is 11.6 Å². The van der Waals surface area contributed by atoms with E-state index in [1.807, 2.05) is 0 Å². The van der Waals surface area contributed by atoms with Gasteiger partial charge >= 0.3 is 0 Å². The lowest BCUT2D eigenvalue weighted by Gasteiger charge is -2.32. The fourth-order valence-electron chi connectivity index (χ4n) is 2.52. The fourth-order valence-corrected chi connectivity index (χ4v) is 2.52. The number of fused-ring (bicyclic) bond motifs is 1. The van der Waals surface area contributed by atoms with Crippen molar-refractivity contribution < 1.29 is 24.5 Å². The van der Waals surface area contributed by atoms with E-state index in [0.717, 1.165) is 6.42 Å². The number of ketones is 1. The van der Waals surface area contributed by atoms with E-state index in [4.69, 9.17) is 9.47 Å². The first kappa shape index (κ1) is 11.5. The Morgan fingerprint density at radius 1 is 1.33 bits per heavy atom. The zero-order chi connectivity index (χ0) is 12.9. The average molecular weight is 250 g/mol. The number of benzene rings is 1. The van der Waals surface area contributed by atoms with Gasteiger partial charge in [-0.1, -0.05) is 0 Å². The third-order valence-corrected chi connectivity index (χ3v) is 3.66. The van der Waals surface area contributed by atoms with Crippen LogP contribution in [0.15, 0.2) is 6.07 Å². The van der Waals surface area contributed by atoms with E-state index >= 15 is 0 Å². The Balaban J connectivity index is 2.14. The van der Waals surface area contributed by atoms with Crippen molar-refractivity contribution in [2.45, 2.75) is 32.2 Å². The summed E-state index contributed by atoms with van der Waals surface area (Å²) in [5, 5.41) is 19.7.